The fourth-order valence-corrected chi connectivity index (χ4v) is 3.45. The van der Waals surface area contributed by atoms with Crippen LogP contribution in [-0.2, 0) is 4.79 Å². The van der Waals surface area contributed by atoms with E-state index >= 15 is 0 Å². The summed E-state index contributed by atoms with van der Waals surface area (Å²) in [4.78, 5) is 36.2. The van der Waals surface area contributed by atoms with Crippen molar-refractivity contribution in [3.63, 3.8) is 0 Å². The molecule has 10 heteroatoms. The van der Waals surface area contributed by atoms with E-state index in [4.69, 9.17) is 17.0 Å². The molecule has 0 saturated heterocycles. The number of carbonyl (C=O) groups excluding carboxylic acids is 3. The fraction of sp³-hybridized carbons (Fsp3) is 0.333. The van der Waals surface area contributed by atoms with Crippen molar-refractivity contribution >= 4 is 56.7 Å². The summed E-state index contributed by atoms with van der Waals surface area (Å²) in [5, 5.41) is 5.16. The molecule has 0 aliphatic heterocycles. The summed E-state index contributed by atoms with van der Waals surface area (Å²) in [6.07, 6.45) is 4.82. The zero-order chi connectivity index (χ0) is 24.9. The highest BCUT2D eigenvalue weighted by Crippen LogP contribution is 2.26. The molecule has 0 atom stereocenters. The Morgan fingerprint density at radius 2 is 1.62 bits per heavy atom. The summed E-state index contributed by atoms with van der Waals surface area (Å²) in [5.74, 6) is -0.330. The van der Waals surface area contributed by atoms with Gasteiger partial charge in [-0.25, -0.2) is 0 Å². The van der Waals surface area contributed by atoms with E-state index in [1.807, 2.05) is 0 Å². The summed E-state index contributed by atoms with van der Waals surface area (Å²) in [6.45, 7) is 4.53. The molecule has 0 fully saturated rings. The number of hydrazine groups is 1. The molecule has 8 nitrogen and oxygen atoms in total. The van der Waals surface area contributed by atoms with E-state index in [0.29, 0.717) is 40.1 Å². The van der Waals surface area contributed by atoms with Crippen LogP contribution in [0.5, 0.6) is 5.75 Å². The van der Waals surface area contributed by atoms with E-state index in [1.54, 1.807) is 49.4 Å². The van der Waals surface area contributed by atoms with Gasteiger partial charge in [0.2, 0.25) is 5.91 Å². The third kappa shape index (κ3) is 9.11. The van der Waals surface area contributed by atoms with Crippen LogP contribution in [0.15, 0.2) is 46.9 Å². The van der Waals surface area contributed by atoms with Crippen molar-refractivity contribution in [2.45, 2.75) is 46.0 Å². The second-order valence-corrected chi connectivity index (χ2v) is 8.66. The lowest BCUT2D eigenvalue weighted by Gasteiger charge is -2.12. The van der Waals surface area contributed by atoms with Crippen LogP contribution < -0.4 is 26.2 Å². The molecular weight excluding hydrogens is 520 g/mol. The Labute approximate surface area is 213 Å². The average molecular weight is 549 g/mol. The molecule has 0 aromatic heterocycles. The van der Waals surface area contributed by atoms with Crippen LogP contribution in [0.25, 0.3) is 0 Å². The lowest BCUT2D eigenvalue weighted by atomic mass is 10.2. The minimum atomic E-state index is -0.451. The molecule has 0 spiro atoms. The first-order valence-electron chi connectivity index (χ1n) is 11.1. The van der Waals surface area contributed by atoms with E-state index in [-0.39, 0.29) is 11.0 Å². The molecule has 2 aromatic carbocycles. The van der Waals surface area contributed by atoms with Crippen LogP contribution in [0.3, 0.4) is 0 Å². The Morgan fingerprint density at radius 3 is 2.26 bits per heavy atom. The topological polar surface area (TPSA) is 109 Å². The number of nitrogens with one attached hydrogen (secondary N) is 4. The standard InChI is InChI=1S/C24H29BrN4O4S/c1-3-5-6-7-14-33-20-13-10-17(15-19(20)25)22(31)27-24(34)29-28-23(32)16-8-11-18(12-9-16)26-21(30)4-2/h8-13,15H,3-7,14H2,1-2H3,(H,26,30)(H,28,32)(H2,27,29,31,34). The number of ether oxygens (including phenoxy) is 1. The van der Waals surface area contributed by atoms with Crippen molar-refractivity contribution in [3.05, 3.63) is 58.1 Å². The molecule has 0 saturated carbocycles. The summed E-state index contributed by atoms with van der Waals surface area (Å²) >= 11 is 8.52. The van der Waals surface area contributed by atoms with Crippen LogP contribution >= 0.6 is 28.1 Å². The van der Waals surface area contributed by atoms with Gasteiger partial charge in [0.1, 0.15) is 5.75 Å². The van der Waals surface area contributed by atoms with E-state index in [9.17, 15) is 14.4 Å². The molecule has 0 radical (unpaired) electrons. The van der Waals surface area contributed by atoms with E-state index in [1.165, 1.54) is 12.8 Å². The summed E-state index contributed by atoms with van der Waals surface area (Å²) in [6, 6.07) is 11.4. The molecule has 0 heterocycles. The number of thiocarbonyl (C=S) groups is 1. The van der Waals surface area contributed by atoms with Gasteiger partial charge in [0, 0.05) is 23.2 Å². The second kappa shape index (κ2) is 14.3. The van der Waals surface area contributed by atoms with E-state index < -0.39 is 11.8 Å². The highest BCUT2D eigenvalue weighted by molar-refractivity contribution is 9.10. The summed E-state index contributed by atoms with van der Waals surface area (Å²) < 4.78 is 6.42. The molecule has 0 unspecified atom stereocenters. The molecule has 2 aromatic rings. The molecule has 2 rings (SSSR count). The highest BCUT2D eigenvalue weighted by Gasteiger charge is 2.12. The van der Waals surface area contributed by atoms with Crippen molar-refractivity contribution in [1.82, 2.24) is 16.2 Å². The zero-order valence-corrected chi connectivity index (χ0v) is 21.6. The van der Waals surface area contributed by atoms with Gasteiger partial charge < -0.3 is 10.1 Å². The first-order chi connectivity index (χ1) is 16.3. The second-order valence-electron chi connectivity index (χ2n) is 7.40. The molecule has 0 aliphatic carbocycles. The van der Waals surface area contributed by atoms with Crippen molar-refractivity contribution in [1.29, 1.82) is 0 Å². The fourth-order valence-electron chi connectivity index (χ4n) is 2.82. The number of carbonyl (C=O) groups is 3. The maximum Gasteiger partial charge on any atom is 0.269 e. The van der Waals surface area contributed by atoms with Gasteiger partial charge in [0.25, 0.3) is 11.8 Å². The molecule has 4 N–H and O–H groups in total. The minimum absolute atomic E-state index is 0.0578. The van der Waals surface area contributed by atoms with Crippen molar-refractivity contribution in [3.8, 4) is 5.75 Å². The van der Waals surface area contributed by atoms with Gasteiger partial charge in [-0.2, -0.15) is 0 Å². The van der Waals surface area contributed by atoms with Crippen LogP contribution in [0.1, 0.15) is 66.7 Å². The third-order valence-electron chi connectivity index (χ3n) is 4.72. The number of rotatable bonds is 10. The smallest absolute Gasteiger partial charge is 0.269 e. The van der Waals surface area contributed by atoms with Crippen LogP contribution in [0, 0.1) is 0 Å². The van der Waals surface area contributed by atoms with Crippen LogP contribution in [0.4, 0.5) is 5.69 Å². The van der Waals surface area contributed by atoms with Gasteiger partial charge in [0.05, 0.1) is 11.1 Å². The number of halogens is 1. The summed E-state index contributed by atoms with van der Waals surface area (Å²) in [7, 11) is 0. The maximum absolute atomic E-state index is 12.5. The van der Waals surface area contributed by atoms with Gasteiger partial charge in [-0.15, -0.1) is 0 Å². The molecule has 182 valence electrons. The Morgan fingerprint density at radius 1 is 0.912 bits per heavy atom. The number of benzene rings is 2. The minimum Gasteiger partial charge on any atom is -0.492 e. The first kappa shape index (κ1) is 27.3. The number of anilines is 1. The molecular formula is C24H29BrN4O4S. The lowest BCUT2D eigenvalue weighted by Crippen LogP contribution is -2.48. The molecule has 3 amide bonds. The predicted octanol–water partition coefficient (Wildman–Crippen LogP) is 4.71. The average Bonchev–Trinajstić information content (AvgIpc) is 2.83. The Kier molecular flexibility index (Phi) is 11.5. The van der Waals surface area contributed by atoms with Gasteiger partial charge >= 0.3 is 0 Å². The highest BCUT2D eigenvalue weighted by atomic mass is 79.9. The normalized spacial score (nSPS) is 10.2. The Hall–Kier alpha value is -2.98. The first-order valence-corrected chi connectivity index (χ1v) is 12.3. The number of hydrogen-bond acceptors (Lipinski definition) is 5. The lowest BCUT2D eigenvalue weighted by molar-refractivity contribution is -0.115. The van der Waals surface area contributed by atoms with Crippen LogP contribution in [-0.4, -0.2) is 29.4 Å². The summed E-state index contributed by atoms with van der Waals surface area (Å²) in [5.41, 5.74) is 6.25. The van der Waals surface area contributed by atoms with Gasteiger partial charge in [-0.3, -0.25) is 30.6 Å². The van der Waals surface area contributed by atoms with E-state index in [0.717, 1.165) is 12.8 Å². The van der Waals surface area contributed by atoms with Crippen molar-refractivity contribution in [2.24, 2.45) is 0 Å². The third-order valence-corrected chi connectivity index (χ3v) is 5.54. The van der Waals surface area contributed by atoms with Gasteiger partial charge in [0.15, 0.2) is 5.11 Å². The maximum atomic E-state index is 12.5. The van der Waals surface area contributed by atoms with Gasteiger partial charge in [-0.1, -0.05) is 33.1 Å². The molecule has 0 bridgehead atoms. The molecule has 0 aliphatic rings. The quantitative estimate of drug-likeness (QED) is 0.194. The zero-order valence-electron chi connectivity index (χ0n) is 19.2. The van der Waals surface area contributed by atoms with Crippen LogP contribution in [0.2, 0.25) is 0 Å². The van der Waals surface area contributed by atoms with Crippen molar-refractivity contribution in [2.75, 3.05) is 11.9 Å². The Balaban J connectivity index is 1.81. The largest absolute Gasteiger partial charge is 0.492 e. The van der Waals surface area contributed by atoms with Gasteiger partial charge in [-0.05, 0) is 77.0 Å². The molecule has 34 heavy (non-hydrogen) atoms. The predicted molar refractivity (Wildman–Crippen MR) is 140 cm³/mol. The number of amides is 3. The number of hydrogen-bond donors (Lipinski definition) is 4. The number of unbranched alkanes of at least 4 members (excludes halogenated alkanes) is 3. The Bertz CT molecular complexity index is 1010. The SMILES string of the molecule is CCCCCCOc1ccc(C(=O)NC(=S)NNC(=O)c2ccc(NC(=O)CC)cc2)cc1Br. The van der Waals surface area contributed by atoms with E-state index in [2.05, 4.69) is 44.3 Å². The monoisotopic (exact) mass is 548 g/mol. The van der Waals surface area contributed by atoms with Crippen molar-refractivity contribution < 1.29 is 19.1 Å².